The van der Waals surface area contributed by atoms with E-state index in [1.807, 2.05) is 13.8 Å². The Morgan fingerprint density at radius 3 is 2.21 bits per heavy atom. The molecule has 0 bridgehead atoms. The fourth-order valence-electron chi connectivity index (χ4n) is 8.40. The second-order valence-corrected chi connectivity index (χ2v) is 10.9. The number of hydrogen-bond acceptors (Lipinski definition) is 2. The molecule has 24 heavy (non-hydrogen) atoms. The van der Waals surface area contributed by atoms with Crippen molar-refractivity contribution in [3.8, 4) is 0 Å². The maximum Gasteiger partial charge on any atom is 0.0625 e. The van der Waals surface area contributed by atoms with Gasteiger partial charge in [0.25, 0.3) is 0 Å². The van der Waals surface area contributed by atoms with Gasteiger partial charge in [-0.05, 0) is 112 Å². The summed E-state index contributed by atoms with van der Waals surface area (Å²) in [6, 6.07) is 0. The summed E-state index contributed by atoms with van der Waals surface area (Å²) in [5, 5.41) is 20.9. The van der Waals surface area contributed by atoms with Gasteiger partial charge >= 0.3 is 0 Å². The number of fused-ring (bicyclic) bond motifs is 5. The molecule has 2 N–H and O–H groups in total. The van der Waals surface area contributed by atoms with Gasteiger partial charge in [0.15, 0.2) is 0 Å². The van der Waals surface area contributed by atoms with Crippen LogP contribution in [0.1, 0.15) is 85.5 Å². The van der Waals surface area contributed by atoms with Crippen LogP contribution in [0.5, 0.6) is 0 Å². The van der Waals surface area contributed by atoms with Crippen LogP contribution in [0.4, 0.5) is 0 Å². The molecular weight excluding hydrogens is 296 g/mol. The van der Waals surface area contributed by atoms with Crippen molar-refractivity contribution < 1.29 is 10.2 Å². The van der Waals surface area contributed by atoms with Gasteiger partial charge in [0.2, 0.25) is 0 Å². The highest BCUT2D eigenvalue weighted by molar-refractivity contribution is 5.11. The molecule has 4 fully saturated rings. The lowest BCUT2D eigenvalue weighted by molar-refractivity contribution is -0.141. The van der Waals surface area contributed by atoms with Gasteiger partial charge in [-0.25, -0.2) is 0 Å². The number of hydrogen-bond donors (Lipinski definition) is 2. The van der Waals surface area contributed by atoms with Gasteiger partial charge in [-0.3, -0.25) is 0 Å². The van der Waals surface area contributed by atoms with Gasteiger partial charge in [-0.2, -0.15) is 0 Å². The lowest BCUT2D eigenvalue weighted by Crippen LogP contribution is -2.55. The summed E-state index contributed by atoms with van der Waals surface area (Å²) < 4.78 is 0. The van der Waals surface area contributed by atoms with Crippen molar-refractivity contribution in [1.82, 2.24) is 0 Å². The Balaban J connectivity index is 1.61. The van der Waals surface area contributed by atoms with Crippen molar-refractivity contribution in [2.75, 3.05) is 0 Å². The predicted molar refractivity (Wildman–Crippen MR) is 97.5 cm³/mol. The van der Waals surface area contributed by atoms with Gasteiger partial charge in [0.1, 0.15) is 0 Å². The third-order valence-corrected chi connectivity index (χ3v) is 9.49. The van der Waals surface area contributed by atoms with Crippen LogP contribution in [0.25, 0.3) is 0 Å². The molecule has 4 aliphatic rings. The monoisotopic (exact) mass is 334 g/mol. The summed E-state index contributed by atoms with van der Waals surface area (Å²) >= 11 is 0. The minimum absolute atomic E-state index is 0.0421. The van der Waals surface area contributed by atoms with Crippen molar-refractivity contribution in [3.05, 3.63) is 0 Å². The Bertz CT molecular complexity index is 495. The molecule has 2 unspecified atom stereocenters. The molecule has 0 aromatic rings. The SMILES string of the molecule is CC(C)(O)[C@H]1CC[C@H]2[C@@H]3CCC4CC(O)CC[C@]4(C)[C@H]3CC[C@]12C. The van der Waals surface area contributed by atoms with Crippen LogP contribution >= 0.6 is 0 Å². The van der Waals surface area contributed by atoms with E-state index in [1.54, 1.807) is 0 Å². The van der Waals surface area contributed by atoms with E-state index in [0.29, 0.717) is 16.7 Å². The first-order valence-corrected chi connectivity index (χ1v) is 10.6. The van der Waals surface area contributed by atoms with E-state index in [1.165, 1.54) is 44.9 Å². The minimum Gasteiger partial charge on any atom is -0.393 e. The summed E-state index contributed by atoms with van der Waals surface area (Å²) in [6.07, 6.45) is 11.2. The number of aliphatic hydroxyl groups excluding tert-OH is 1. The van der Waals surface area contributed by atoms with Crippen molar-refractivity contribution in [2.24, 2.45) is 40.4 Å². The Hall–Kier alpha value is -0.0800. The zero-order chi connectivity index (χ0) is 17.3. The van der Waals surface area contributed by atoms with Gasteiger partial charge in [0.05, 0.1) is 11.7 Å². The molecule has 0 spiro atoms. The average molecular weight is 335 g/mol. The molecular formula is C22H38O2. The fourth-order valence-corrected chi connectivity index (χ4v) is 8.40. The Morgan fingerprint density at radius 2 is 1.50 bits per heavy atom. The number of rotatable bonds is 1. The number of aliphatic hydroxyl groups is 2. The third kappa shape index (κ3) is 2.35. The molecule has 2 nitrogen and oxygen atoms in total. The zero-order valence-electron chi connectivity index (χ0n) is 16.2. The van der Waals surface area contributed by atoms with Crippen molar-refractivity contribution in [3.63, 3.8) is 0 Å². The third-order valence-electron chi connectivity index (χ3n) is 9.49. The van der Waals surface area contributed by atoms with Crippen LogP contribution in [0.2, 0.25) is 0 Å². The minimum atomic E-state index is -0.535. The second-order valence-electron chi connectivity index (χ2n) is 10.9. The fraction of sp³-hybridized carbons (Fsp3) is 1.00. The molecule has 0 aromatic heterocycles. The zero-order valence-corrected chi connectivity index (χ0v) is 16.2. The molecule has 0 heterocycles. The van der Waals surface area contributed by atoms with Gasteiger partial charge in [-0.1, -0.05) is 13.8 Å². The van der Waals surface area contributed by atoms with Gasteiger partial charge in [-0.15, -0.1) is 0 Å². The van der Waals surface area contributed by atoms with E-state index in [2.05, 4.69) is 13.8 Å². The lowest BCUT2D eigenvalue weighted by Gasteiger charge is -2.61. The summed E-state index contributed by atoms with van der Waals surface area (Å²) in [5.74, 6) is 3.76. The maximum atomic E-state index is 10.8. The first-order valence-electron chi connectivity index (χ1n) is 10.6. The van der Waals surface area contributed by atoms with E-state index in [9.17, 15) is 10.2 Å². The van der Waals surface area contributed by atoms with Crippen LogP contribution in [-0.2, 0) is 0 Å². The summed E-state index contributed by atoms with van der Waals surface area (Å²) in [4.78, 5) is 0. The van der Waals surface area contributed by atoms with Crippen molar-refractivity contribution in [1.29, 1.82) is 0 Å². The van der Waals surface area contributed by atoms with E-state index in [4.69, 9.17) is 0 Å². The quantitative estimate of drug-likeness (QED) is 0.724. The highest BCUT2D eigenvalue weighted by atomic mass is 16.3. The van der Waals surface area contributed by atoms with E-state index < -0.39 is 5.60 Å². The standard InChI is InChI=1S/C22H38O2/c1-20(2,24)19-8-7-17-16-6-5-14-13-15(23)9-11-21(14,3)18(16)10-12-22(17,19)4/h14-19,23-24H,5-13H2,1-4H3/t14?,15?,16-,17-,18-,19+,21-,22-/m0/s1. The molecule has 4 aliphatic carbocycles. The predicted octanol–water partition coefficient (Wildman–Crippen LogP) is 4.78. The van der Waals surface area contributed by atoms with E-state index in [0.717, 1.165) is 36.5 Å². The van der Waals surface area contributed by atoms with Crippen molar-refractivity contribution in [2.45, 2.75) is 97.2 Å². The molecule has 0 aliphatic heterocycles. The van der Waals surface area contributed by atoms with Crippen LogP contribution < -0.4 is 0 Å². The topological polar surface area (TPSA) is 40.5 Å². The molecule has 0 saturated heterocycles. The normalized spacial score (nSPS) is 54.8. The van der Waals surface area contributed by atoms with Crippen LogP contribution in [0.15, 0.2) is 0 Å². The summed E-state index contributed by atoms with van der Waals surface area (Å²) in [5.41, 5.74) is 0.277. The first kappa shape index (κ1) is 17.3. The van der Waals surface area contributed by atoms with Gasteiger partial charge in [0, 0.05) is 0 Å². The Kier molecular flexibility index (Phi) is 3.94. The van der Waals surface area contributed by atoms with Crippen molar-refractivity contribution >= 4 is 0 Å². The molecule has 0 radical (unpaired) electrons. The maximum absolute atomic E-state index is 10.8. The van der Waals surface area contributed by atoms with Gasteiger partial charge < -0.3 is 10.2 Å². The largest absolute Gasteiger partial charge is 0.393 e. The molecule has 0 amide bonds. The highest BCUT2D eigenvalue weighted by Crippen LogP contribution is 2.68. The Labute approximate surface area is 148 Å². The van der Waals surface area contributed by atoms with Crippen LogP contribution in [-0.4, -0.2) is 21.9 Å². The first-order chi connectivity index (χ1) is 11.2. The molecule has 0 aromatic carbocycles. The summed E-state index contributed by atoms with van der Waals surface area (Å²) in [6.45, 7) is 9.14. The lowest BCUT2D eigenvalue weighted by atomic mass is 9.44. The van der Waals surface area contributed by atoms with Crippen LogP contribution in [0.3, 0.4) is 0 Å². The highest BCUT2D eigenvalue weighted by Gasteiger charge is 2.61. The Morgan fingerprint density at radius 1 is 0.833 bits per heavy atom. The van der Waals surface area contributed by atoms with Crippen LogP contribution in [0, 0.1) is 40.4 Å². The molecule has 4 rings (SSSR count). The summed E-state index contributed by atoms with van der Waals surface area (Å²) in [7, 11) is 0. The second kappa shape index (κ2) is 5.46. The molecule has 8 atom stereocenters. The molecule has 138 valence electrons. The van der Waals surface area contributed by atoms with E-state index in [-0.39, 0.29) is 6.10 Å². The molecule has 2 heteroatoms. The smallest absolute Gasteiger partial charge is 0.0625 e. The average Bonchev–Trinajstić information content (AvgIpc) is 2.85. The van der Waals surface area contributed by atoms with E-state index >= 15 is 0 Å². The molecule has 4 saturated carbocycles.